The number of para-hydroxylation sites is 1. The van der Waals surface area contributed by atoms with Crippen LogP contribution in [0, 0.1) is 6.92 Å². The molecule has 2 amide bonds. The molecule has 0 fully saturated rings. The van der Waals surface area contributed by atoms with Crippen molar-refractivity contribution in [2.45, 2.75) is 38.5 Å². The molecule has 1 atom stereocenters. The largest absolute Gasteiger partial charge is 0.465 e. The Bertz CT molecular complexity index is 1190. The second-order valence-corrected chi connectivity index (χ2v) is 8.41. The Hall–Kier alpha value is -3.66. The third kappa shape index (κ3) is 5.82. The third-order valence-corrected chi connectivity index (χ3v) is 6.09. The van der Waals surface area contributed by atoms with Gasteiger partial charge in [-0.3, -0.25) is 9.59 Å². The number of carbonyl (C=O) groups is 3. The van der Waals surface area contributed by atoms with Gasteiger partial charge in [-0.2, -0.15) is 0 Å². The number of nitrogens with zero attached hydrogens (tertiary/aromatic N) is 3. The Morgan fingerprint density at radius 2 is 1.74 bits per heavy atom. The fourth-order valence-corrected chi connectivity index (χ4v) is 4.20. The van der Waals surface area contributed by atoms with Gasteiger partial charge in [0.05, 0.1) is 30.2 Å². The van der Waals surface area contributed by atoms with E-state index in [-0.39, 0.29) is 29.2 Å². The number of thioether (sulfide) groups is 1. The fraction of sp³-hybridized carbons (Fsp3) is 0.292. The van der Waals surface area contributed by atoms with E-state index in [1.165, 1.54) is 18.9 Å². The van der Waals surface area contributed by atoms with Crippen molar-refractivity contribution in [1.82, 2.24) is 20.1 Å². The van der Waals surface area contributed by atoms with Crippen molar-refractivity contribution in [3.63, 3.8) is 0 Å². The van der Waals surface area contributed by atoms with Crippen molar-refractivity contribution in [1.29, 1.82) is 0 Å². The van der Waals surface area contributed by atoms with Gasteiger partial charge < -0.3 is 19.9 Å². The van der Waals surface area contributed by atoms with Crippen molar-refractivity contribution < 1.29 is 19.1 Å². The Morgan fingerprint density at radius 3 is 2.41 bits per heavy atom. The lowest BCUT2D eigenvalue weighted by Crippen LogP contribution is -2.29. The summed E-state index contributed by atoms with van der Waals surface area (Å²) in [4.78, 5) is 37.1. The van der Waals surface area contributed by atoms with E-state index in [2.05, 4.69) is 20.8 Å². The number of amides is 2. The second-order valence-electron chi connectivity index (χ2n) is 7.47. The van der Waals surface area contributed by atoms with Crippen LogP contribution in [0.4, 0.5) is 5.69 Å². The molecule has 0 saturated heterocycles. The maximum absolute atomic E-state index is 12.7. The Morgan fingerprint density at radius 1 is 1.06 bits per heavy atom. The first-order valence-electron chi connectivity index (χ1n) is 10.7. The van der Waals surface area contributed by atoms with Crippen LogP contribution < -0.4 is 10.6 Å². The van der Waals surface area contributed by atoms with Gasteiger partial charge in [0, 0.05) is 12.1 Å². The molecule has 3 rings (SSSR count). The number of benzene rings is 2. The van der Waals surface area contributed by atoms with E-state index < -0.39 is 5.97 Å². The number of methoxy groups -OCH3 is 1. The van der Waals surface area contributed by atoms with Gasteiger partial charge in [-0.1, -0.05) is 42.1 Å². The van der Waals surface area contributed by atoms with Crippen LogP contribution in [0.15, 0.2) is 53.7 Å². The zero-order chi connectivity index (χ0) is 24.7. The van der Waals surface area contributed by atoms with Crippen molar-refractivity contribution in [3.05, 3.63) is 71.0 Å². The SMILES string of the molecule is CCn1c(SCC(=O)Nc2ccccc2C(=O)OC)nnc1C(C)NC(=O)c1ccccc1C. The molecule has 10 heteroatoms. The van der Waals surface area contributed by atoms with E-state index in [0.29, 0.717) is 28.8 Å². The van der Waals surface area contributed by atoms with Crippen LogP contribution in [-0.2, 0) is 16.1 Å². The molecule has 0 saturated carbocycles. The molecule has 1 aromatic heterocycles. The predicted octanol–water partition coefficient (Wildman–Crippen LogP) is 3.61. The van der Waals surface area contributed by atoms with E-state index in [9.17, 15) is 14.4 Å². The van der Waals surface area contributed by atoms with Gasteiger partial charge in [-0.05, 0) is 44.5 Å². The summed E-state index contributed by atoms with van der Waals surface area (Å²) in [6, 6.07) is 13.6. The molecule has 2 N–H and O–H groups in total. The number of aromatic nitrogens is 3. The van der Waals surface area contributed by atoms with Gasteiger partial charge in [0.1, 0.15) is 0 Å². The number of hydrogen-bond donors (Lipinski definition) is 2. The number of ether oxygens (including phenoxy) is 1. The summed E-state index contributed by atoms with van der Waals surface area (Å²) in [5, 5.41) is 14.7. The first-order valence-corrected chi connectivity index (χ1v) is 11.7. The molecule has 2 aromatic carbocycles. The van der Waals surface area contributed by atoms with E-state index in [1.54, 1.807) is 30.3 Å². The van der Waals surface area contributed by atoms with Gasteiger partial charge in [-0.15, -0.1) is 10.2 Å². The molecule has 0 bridgehead atoms. The smallest absolute Gasteiger partial charge is 0.339 e. The summed E-state index contributed by atoms with van der Waals surface area (Å²) in [6.45, 7) is 6.25. The minimum atomic E-state index is -0.527. The summed E-state index contributed by atoms with van der Waals surface area (Å²) in [7, 11) is 1.29. The van der Waals surface area contributed by atoms with Crippen molar-refractivity contribution in [2.75, 3.05) is 18.2 Å². The summed E-state index contributed by atoms with van der Waals surface area (Å²) < 4.78 is 6.62. The molecule has 0 spiro atoms. The van der Waals surface area contributed by atoms with Crippen LogP contribution in [0.1, 0.15) is 52.0 Å². The normalized spacial score (nSPS) is 11.5. The molecule has 3 aromatic rings. The summed E-state index contributed by atoms with van der Waals surface area (Å²) in [5.41, 5.74) is 2.15. The minimum Gasteiger partial charge on any atom is -0.465 e. The lowest BCUT2D eigenvalue weighted by molar-refractivity contribution is -0.113. The van der Waals surface area contributed by atoms with E-state index in [0.717, 1.165) is 5.56 Å². The topological polar surface area (TPSA) is 115 Å². The number of carbonyl (C=O) groups excluding carboxylic acids is 3. The lowest BCUT2D eigenvalue weighted by atomic mass is 10.1. The molecule has 0 aliphatic heterocycles. The molecule has 1 heterocycles. The van der Waals surface area contributed by atoms with Gasteiger partial charge in [0.25, 0.3) is 5.91 Å². The highest BCUT2D eigenvalue weighted by molar-refractivity contribution is 7.99. The minimum absolute atomic E-state index is 0.0671. The van der Waals surface area contributed by atoms with Crippen LogP contribution in [0.2, 0.25) is 0 Å². The second kappa shape index (κ2) is 11.5. The highest BCUT2D eigenvalue weighted by atomic mass is 32.2. The lowest BCUT2D eigenvalue weighted by Gasteiger charge is -2.16. The van der Waals surface area contributed by atoms with Crippen molar-refractivity contribution >= 4 is 35.2 Å². The maximum atomic E-state index is 12.7. The van der Waals surface area contributed by atoms with Gasteiger partial charge >= 0.3 is 5.97 Å². The van der Waals surface area contributed by atoms with Crippen LogP contribution in [-0.4, -0.2) is 45.4 Å². The quantitative estimate of drug-likeness (QED) is 0.354. The molecule has 178 valence electrons. The van der Waals surface area contributed by atoms with Crippen LogP contribution in [0.25, 0.3) is 0 Å². The first kappa shape index (κ1) is 25.0. The van der Waals surface area contributed by atoms with E-state index in [4.69, 9.17) is 4.74 Å². The molecule has 0 radical (unpaired) electrons. The molecular weight excluding hydrogens is 454 g/mol. The number of anilines is 1. The van der Waals surface area contributed by atoms with Gasteiger partial charge in [0.2, 0.25) is 5.91 Å². The van der Waals surface area contributed by atoms with Crippen molar-refractivity contribution in [3.8, 4) is 0 Å². The summed E-state index contributed by atoms with van der Waals surface area (Å²) >= 11 is 1.22. The van der Waals surface area contributed by atoms with Crippen molar-refractivity contribution in [2.24, 2.45) is 0 Å². The first-order chi connectivity index (χ1) is 16.3. The Kier molecular flexibility index (Phi) is 8.42. The third-order valence-electron chi connectivity index (χ3n) is 5.13. The number of nitrogens with one attached hydrogen (secondary N) is 2. The number of hydrogen-bond acceptors (Lipinski definition) is 7. The monoisotopic (exact) mass is 481 g/mol. The number of esters is 1. The maximum Gasteiger partial charge on any atom is 0.339 e. The Labute approximate surface area is 202 Å². The van der Waals surface area contributed by atoms with Crippen LogP contribution in [0.5, 0.6) is 0 Å². The van der Waals surface area contributed by atoms with Gasteiger partial charge in [-0.25, -0.2) is 4.79 Å². The Balaban J connectivity index is 1.65. The average Bonchev–Trinajstić information content (AvgIpc) is 3.26. The number of rotatable bonds is 9. The molecule has 0 aliphatic carbocycles. The number of aryl methyl sites for hydroxylation is 1. The highest BCUT2D eigenvalue weighted by Crippen LogP contribution is 2.22. The molecular formula is C24H27N5O4S. The van der Waals surface area contributed by atoms with E-state index >= 15 is 0 Å². The molecule has 34 heavy (non-hydrogen) atoms. The fourth-order valence-electron chi connectivity index (χ4n) is 3.39. The molecule has 9 nitrogen and oxygen atoms in total. The zero-order valence-electron chi connectivity index (χ0n) is 19.5. The molecule has 0 aliphatic rings. The average molecular weight is 482 g/mol. The summed E-state index contributed by atoms with van der Waals surface area (Å²) in [5.74, 6) is -0.343. The van der Waals surface area contributed by atoms with Crippen LogP contribution in [0.3, 0.4) is 0 Å². The zero-order valence-corrected chi connectivity index (χ0v) is 20.3. The standard InChI is InChI=1S/C24H27N5O4S/c1-5-29-21(16(3)25-22(31)17-11-7-6-10-15(17)2)27-28-24(29)34-14-20(30)26-19-13-9-8-12-18(19)23(32)33-4/h6-13,16H,5,14H2,1-4H3,(H,25,31)(H,26,30). The van der Waals surface area contributed by atoms with Crippen LogP contribution >= 0.6 is 11.8 Å². The molecule has 1 unspecified atom stereocenters. The predicted molar refractivity (Wildman–Crippen MR) is 130 cm³/mol. The summed E-state index contributed by atoms with van der Waals surface area (Å²) in [6.07, 6.45) is 0. The van der Waals surface area contributed by atoms with Gasteiger partial charge in [0.15, 0.2) is 11.0 Å². The highest BCUT2D eigenvalue weighted by Gasteiger charge is 2.21. The van der Waals surface area contributed by atoms with E-state index in [1.807, 2.05) is 43.5 Å².